The lowest BCUT2D eigenvalue weighted by Gasteiger charge is -2.20. The van der Waals surface area contributed by atoms with Crippen molar-refractivity contribution in [3.8, 4) is 6.07 Å². The highest BCUT2D eigenvalue weighted by molar-refractivity contribution is 5.89. The van der Waals surface area contributed by atoms with Crippen molar-refractivity contribution in [3.05, 3.63) is 35.4 Å². The highest BCUT2D eigenvalue weighted by atomic mass is 16.5. The minimum atomic E-state index is -0.339. The lowest BCUT2D eigenvalue weighted by atomic mass is 9.80. The van der Waals surface area contributed by atoms with E-state index >= 15 is 0 Å². The van der Waals surface area contributed by atoms with Gasteiger partial charge in [-0.05, 0) is 30.5 Å². The summed E-state index contributed by atoms with van der Waals surface area (Å²) in [4.78, 5) is 11.3. The van der Waals surface area contributed by atoms with Crippen molar-refractivity contribution in [2.24, 2.45) is 0 Å². The monoisotopic (exact) mass is 229 g/mol. The zero-order chi connectivity index (χ0) is 12.3. The summed E-state index contributed by atoms with van der Waals surface area (Å²) >= 11 is 0. The molecule has 2 rings (SSSR count). The van der Waals surface area contributed by atoms with Gasteiger partial charge in [-0.15, -0.1) is 0 Å². The Labute approximate surface area is 101 Å². The number of hydrogen-bond acceptors (Lipinski definition) is 3. The first-order chi connectivity index (χ1) is 8.22. The molecule has 0 saturated heterocycles. The van der Waals surface area contributed by atoms with Crippen LogP contribution in [0.25, 0.3) is 0 Å². The number of nitrogens with zero attached hydrogens (tertiary/aromatic N) is 1. The minimum Gasteiger partial charge on any atom is -0.465 e. The molecule has 0 atom stereocenters. The lowest BCUT2D eigenvalue weighted by molar-refractivity contribution is 0.0600. The third-order valence-electron chi connectivity index (χ3n) is 3.53. The molecule has 0 radical (unpaired) electrons. The van der Waals surface area contributed by atoms with Crippen LogP contribution in [0.4, 0.5) is 0 Å². The summed E-state index contributed by atoms with van der Waals surface area (Å²) in [5, 5.41) is 9.35. The first kappa shape index (κ1) is 11.7. The average Bonchev–Trinajstić information content (AvgIpc) is 2.88. The van der Waals surface area contributed by atoms with Gasteiger partial charge in [0.05, 0.1) is 24.2 Å². The van der Waals surface area contributed by atoms with Crippen LogP contribution < -0.4 is 0 Å². The molecule has 3 heteroatoms. The topological polar surface area (TPSA) is 50.1 Å². The van der Waals surface area contributed by atoms with Gasteiger partial charge in [0, 0.05) is 0 Å². The van der Waals surface area contributed by atoms with Gasteiger partial charge >= 0.3 is 5.97 Å². The van der Waals surface area contributed by atoms with E-state index in [1.165, 1.54) is 7.11 Å². The molecule has 1 aliphatic rings. The predicted molar refractivity (Wildman–Crippen MR) is 63.5 cm³/mol. The van der Waals surface area contributed by atoms with Gasteiger partial charge in [0.1, 0.15) is 0 Å². The number of carbonyl (C=O) groups excluding carboxylic acids is 1. The molecule has 88 valence electrons. The van der Waals surface area contributed by atoms with Gasteiger partial charge in [-0.3, -0.25) is 0 Å². The first-order valence-corrected chi connectivity index (χ1v) is 5.82. The van der Waals surface area contributed by atoms with Crippen molar-refractivity contribution < 1.29 is 9.53 Å². The van der Waals surface area contributed by atoms with Crippen LogP contribution in [0.5, 0.6) is 0 Å². The molecule has 0 spiro atoms. The summed E-state index contributed by atoms with van der Waals surface area (Å²) in [6.07, 6.45) is 4.04. The second-order valence-corrected chi connectivity index (χ2v) is 4.47. The number of esters is 1. The van der Waals surface area contributed by atoms with Crippen molar-refractivity contribution in [2.45, 2.75) is 31.1 Å². The molecule has 1 aromatic carbocycles. The number of ether oxygens (including phenoxy) is 1. The van der Waals surface area contributed by atoms with Crippen molar-refractivity contribution in [2.75, 3.05) is 7.11 Å². The van der Waals surface area contributed by atoms with Crippen LogP contribution in [0.15, 0.2) is 24.3 Å². The van der Waals surface area contributed by atoms with Crippen LogP contribution in [-0.2, 0) is 10.2 Å². The van der Waals surface area contributed by atoms with Crippen LogP contribution in [0.3, 0.4) is 0 Å². The molecule has 1 aliphatic carbocycles. The van der Waals surface area contributed by atoms with Crippen molar-refractivity contribution in [3.63, 3.8) is 0 Å². The second kappa shape index (κ2) is 4.58. The van der Waals surface area contributed by atoms with Gasteiger partial charge in [0.15, 0.2) is 0 Å². The number of benzene rings is 1. The van der Waals surface area contributed by atoms with Crippen LogP contribution >= 0.6 is 0 Å². The number of methoxy groups -OCH3 is 1. The molecule has 1 fully saturated rings. The molecule has 1 aromatic rings. The van der Waals surface area contributed by atoms with Crippen LogP contribution in [0.1, 0.15) is 41.6 Å². The zero-order valence-corrected chi connectivity index (χ0v) is 9.90. The standard InChI is InChI=1S/C14H15NO2/c1-17-13(16)11-4-6-12(7-5-11)14(10-15)8-2-3-9-14/h4-7H,2-3,8-9H2,1H3. The Morgan fingerprint density at radius 3 is 2.35 bits per heavy atom. The van der Waals surface area contributed by atoms with Crippen molar-refractivity contribution >= 4 is 5.97 Å². The highest BCUT2D eigenvalue weighted by Crippen LogP contribution is 2.40. The third-order valence-corrected chi connectivity index (χ3v) is 3.53. The molecule has 0 bridgehead atoms. The fraction of sp³-hybridized carbons (Fsp3) is 0.429. The van der Waals surface area contributed by atoms with Crippen LogP contribution in [-0.4, -0.2) is 13.1 Å². The van der Waals surface area contributed by atoms with Gasteiger partial charge in [-0.1, -0.05) is 25.0 Å². The van der Waals surface area contributed by atoms with E-state index in [0.29, 0.717) is 5.56 Å². The fourth-order valence-electron chi connectivity index (χ4n) is 2.49. The Kier molecular flexibility index (Phi) is 3.14. The number of nitriles is 1. The molecular weight excluding hydrogens is 214 g/mol. The Balaban J connectivity index is 2.29. The van der Waals surface area contributed by atoms with Gasteiger partial charge in [-0.2, -0.15) is 5.26 Å². The average molecular weight is 229 g/mol. The largest absolute Gasteiger partial charge is 0.465 e. The van der Waals surface area contributed by atoms with E-state index in [-0.39, 0.29) is 11.4 Å². The Bertz CT molecular complexity index is 450. The summed E-state index contributed by atoms with van der Waals surface area (Å²) < 4.78 is 4.65. The minimum absolute atomic E-state index is 0.339. The maximum absolute atomic E-state index is 11.3. The van der Waals surface area contributed by atoms with E-state index in [9.17, 15) is 10.1 Å². The summed E-state index contributed by atoms with van der Waals surface area (Å²) in [5.41, 5.74) is 1.21. The van der Waals surface area contributed by atoms with Gasteiger partial charge < -0.3 is 4.74 Å². The maximum atomic E-state index is 11.3. The molecule has 0 aromatic heterocycles. The summed E-state index contributed by atoms with van der Waals surface area (Å²) in [7, 11) is 1.37. The molecule has 0 heterocycles. The molecule has 0 unspecified atom stereocenters. The first-order valence-electron chi connectivity index (χ1n) is 5.82. The number of rotatable bonds is 2. The Morgan fingerprint density at radius 2 is 1.88 bits per heavy atom. The van der Waals surface area contributed by atoms with E-state index < -0.39 is 0 Å². The molecule has 0 amide bonds. The molecule has 1 saturated carbocycles. The van der Waals surface area contributed by atoms with E-state index in [1.54, 1.807) is 12.1 Å². The third kappa shape index (κ3) is 2.03. The Hall–Kier alpha value is -1.82. The van der Waals surface area contributed by atoms with E-state index in [4.69, 9.17) is 0 Å². The molecule has 0 aliphatic heterocycles. The van der Waals surface area contributed by atoms with E-state index in [0.717, 1.165) is 31.2 Å². The molecule has 17 heavy (non-hydrogen) atoms. The smallest absolute Gasteiger partial charge is 0.337 e. The SMILES string of the molecule is COC(=O)c1ccc(C2(C#N)CCCC2)cc1. The summed E-state index contributed by atoms with van der Waals surface area (Å²) in [5.74, 6) is -0.339. The van der Waals surface area contributed by atoms with E-state index in [1.807, 2.05) is 12.1 Å². The number of carbonyl (C=O) groups is 1. The van der Waals surface area contributed by atoms with Crippen molar-refractivity contribution in [1.29, 1.82) is 5.26 Å². The van der Waals surface area contributed by atoms with Gasteiger partial charge in [-0.25, -0.2) is 4.79 Å². The van der Waals surface area contributed by atoms with E-state index in [2.05, 4.69) is 10.8 Å². The van der Waals surface area contributed by atoms with Crippen molar-refractivity contribution in [1.82, 2.24) is 0 Å². The lowest BCUT2D eigenvalue weighted by Crippen LogP contribution is -2.19. The maximum Gasteiger partial charge on any atom is 0.337 e. The molecule has 0 N–H and O–H groups in total. The zero-order valence-electron chi connectivity index (χ0n) is 9.90. The van der Waals surface area contributed by atoms with Crippen LogP contribution in [0.2, 0.25) is 0 Å². The van der Waals surface area contributed by atoms with Gasteiger partial charge in [0.2, 0.25) is 0 Å². The molecule has 3 nitrogen and oxygen atoms in total. The second-order valence-electron chi connectivity index (χ2n) is 4.47. The molecular formula is C14H15NO2. The van der Waals surface area contributed by atoms with Crippen LogP contribution in [0, 0.1) is 11.3 Å². The quantitative estimate of drug-likeness (QED) is 0.733. The number of hydrogen-bond donors (Lipinski definition) is 0. The predicted octanol–water partition coefficient (Wildman–Crippen LogP) is 2.81. The normalized spacial score (nSPS) is 17.4. The fourth-order valence-corrected chi connectivity index (χ4v) is 2.49. The highest BCUT2D eigenvalue weighted by Gasteiger charge is 2.35. The Morgan fingerprint density at radius 1 is 1.29 bits per heavy atom. The summed E-state index contributed by atoms with van der Waals surface area (Å²) in [6.45, 7) is 0. The summed E-state index contributed by atoms with van der Waals surface area (Å²) in [6, 6.07) is 9.66. The van der Waals surface area contributed by atoms with Gasteiger partial charge in [0.25, 0.3) is 0 Å².